The van der Waals surface area contributed by atoms with Gasteiger partial charge in [0.05, 0.1) is 10.6 Å². The number of nitrogens with two attached hydrogens (primary N) is 1. The predicted molar refractivity (Wildman–Crippen MR) is 105 cm³/mol. The Hall–Kier alpha value is -3.64. The summed E-state index contributed by atoms with van der Waals surface area (Å²) in [6, 6.07) is 15.1. The summed E-state index contributed by atoms with van der Waals surface area (Å²) in [5.41, 5.74) is 7.94. The molecule has 0 unspecified atom stereocenters. The lowest BCUT2D eigenvalue weighted by Crippen LogP contribution is -2.04. The Kier molecular flexibility index (Phi) is 5.19. The summed E-state index contributed by atoms with van der Waals surface area (Å²) in [7, 11) is 0. The van der Waals surface area contributed by atoms with Crippen molar-refractivity contribution in [3.8, 4) is 17.3 Å². The first-order valence-corrected chi connectivity index (χ1v) is 8.98. The molecule has 3 N–H and O–H groups in total. The summed E-state index contributed by atoms with van der Waals surface area (Å²) in [5, 5.41) is 24.3. The number of nitro groups is 1. The maximum Gasteiger partial charge on any atom is 0.270 e. The number of nitrogens with one attached hydrogen (secondary N) is 1. The Bertz CT molecular complexity index is 1060. The first-order valence-electron chi connectivity index (χ1n) is 7.75. The molecule has 0 radical (unpaired) electrons. The topological polar surface area (TPSA) is 131 Å². The number of hydrogen-bond donors (Lipinski definition) is 2. The van der Waals surface area contributed by atoms with Gasteiger partial charge in [0.15, 0.2) is 11.0 Å². The third-order valence-electron chi connectivity index (χ3n) is 3.66. The van der Waals surface area contributed by atoms with Gasteiger partial charge in [0.2, 0.25) is 0 Å². The third kappa shape index (κ3) is 3.96. The Morgan fingerprint density at radius 3 is 2.67 bits per heavy atom. The highest BCUT2D eigenvalue weighted by molar-refractivity contribution is 7.98. The van der Waals surface area contributed by atoms with Crippen molar-refractivity contribution in [1.29, 1.82) is 5.26 Å². The van der Waals surface area contributed by atoms with Gasteiger partial charge in [0.25, 0.3) is 5.69 Å². The van der Waals surface area contributed by atoms with Crippen molar-refractivity contribution < 1.29 is 4.92 Å². The van der Waals surface area contributed by atoms with Crippen molar-refractivity contribution in [3.05, 3.63) is 64.2 Å². The van der Waals surface area contributed by atoms with Crippen LogP contribution in [-0.4, -0.2) is 21.1 Å². The molecule has 0 atom stereocenters. The number of nitriles is 1. The molecule has 0 amide bonds. The summed E-state index contributed by atoms with van der Waals surface area (Å²) >= 11 is 1.31. The zero-order chi connectivity index (χ0) is 19.4. The molecule has 0 fully saturated rings. The van der Waals surface area contributed by atoms with Gasteiger partial charge in [-0.05, 0) is 24.5 Å². The number of nitro benzene ring substituents is 1. The number of benzene rings is 2. The highest BCUT2D eigenvalue weighted by Gasteiger charge is 2.18. The van der Waals surface area contributed by atoms with Gasteiger partial charge in [0, 0.05) is 29.1 Å². The van der Waals surface area contributed by atoms with Gasteiger partial charge in [0.1, 0.15) is 11.6 Å². The van der Waals surface area contributed by atoms with E-state index in [0.29, 0.717) is 33.6 Å². The molecule has 0 aliphatic heterocycles. The quantitative estimate of drug-likeness (QED) is 0.224. The number of anilines is 3. The van der Waals surface area contributed by atoms with Gasteiger partial charge in [-0.15, -0.1) is 0 Å². The normalized spacial score (nSPS) is 10.2. The molecule has 0 aliphatic rings. The van der Waals surface area contributed by atoms with Gasteiger partial charge < -0.3 is 11.1 Å². The summed E-state index contributed by atoms with van der Waals surface area (Å²) in [6.45, 7) is 0. The molecule has 27 heavy (non-hydrogen) atoms. The van der Waals surface area contributed by atoms with Crippen molar-refractivity contribution in [2.45, 2.75) is 5.16 Å². The first kappa shape index (κ1) is 18.2. The van der Waals surface area contributed by atoms with Crippen LogP contribution in [0.5, 0.6) is 0 Å². The SMILES string of the molecule is CSc1nc(Nc2cccc(N)c2)c(C#N)c(-c2cccc([N+](=O)[O-])c2)n1. The largest absolute Gasteiger partial charge is 0.399 e. The fraction of sp³-hybridized carbons (Fsp3) is 0.0556. The van der Waals surface area contributed by atoms with E-state index in [0.717, 1.165) is 0 Å². The van der Waals surface area contributed by atoms with Gasteiger partial charge in [-0.1, -0.05) is 30.0 Å². The van der Waals surface area contributed by atoms with Gasteiger partial charge >= 0.3 is 0 Å². The second-order valence-corrected chi connectivity index (χ2v) is 6.23. The number of aromatic nitrogens is 2. The predicted octanol–water partition coefficient (Wildman–Crippen LogP) is 3.97. The van der Waals surface area contributed by atoms with E-state index in [2.05, 4.69) is 21.4 Å². The molecule has 2 aromatic carbocycles. The fourth-order valence-corrected chi connectivity index (χ4v) is 2.82. The monoisotopic (exact) mass is 378 g/mol. The minimum absolute atomic E-state index is 0.0777. The zero-order valence-corrected chi connectivity index (χ0v) is 15.0. The minimum atomic E-state index is -0.488. The number of hydrogen-bond acceptors (Lipinski definition) is 8. The van der Waals surface area contributed by atoms with Crippen LogP contribution in [0.1, 0.15) is 5.56 Å². The van der Waals surface area contributed by atoms with E-state index in [9.17, 15) is 15.4 Å². The fourth-order valence-electron chi connectivity index (χ4n) is 2.46. The van der Waals surface area contributed by atoms with Gasteiger partial charge in [-0.25, -0.2) is 9.97 Å². The second kappa shape index (κ2) is 7.72. The second-order valence-electron chi connectivity index (χ2n) is 5.45. The molecule has 0 bridgehead atoms. The van der Waals surface area contributed by atoms with E-state index in [1.165, 1.54) is 23.9 Å². The van der Waals surface area contributed by atoms with Crippen LogP contribution in [0.4, 0.5) is 22.9 Å². The van der Waals surface area contributed by atoms with Crippen LogP contribution in [0.25, 0.3) is 11.3 Å². The zero-order valence-electron chi connectivity index (χ0n) is 14.2. The molecule has 0 saturated carbocycles. The Morgan fingerprint density at radius 1 is 1.22 bits per heavy atom. The van der Waals surface area contributed by atoms with Gasteiger partial charge in [-0.3, -0.25) is 10.1 Å². The highest BCUT2D eigenvalue weighted by atomic mass is 32.2. The van der Waals surface area contributed by atoms with E-state index < -0.39 is 4.92 Å². The molecule has 9 heteroatoms. The third-order valence-corrected chi connectivity index (χ3v) is 4.21. The molecule has 8 nitrogen and oxygen atoms in total. The number of nitrogens with zero attached hydrogens (tertiary/aromatic N) is 4. The minimum Gasteiger partial charge on any atom is -0.399 e. The molecule has 0 spiro atoms. The Labute approximate surface area is 159 Å². The maximum atomic E-state index is 11.1. The molecule has 0 saturated heterocycles. The smallest absolute Gasteiger partial charge is 0.270 e. The molecule has 0 aliphatic carbocycles. The van der Waals surface area contributed by atoms with Crippen LogP contribution in [0.2, 0.25) is 0 Å². The van der Waals surface area contributed by atoms with E-state index in [4.69, 9.17) is 5.73 Å². The van der Waals surface area contributed by atoms with Crippen molar-refractivity contribution in [1.82, 2.24) is 9.97 Å². The molecular formula is C18H14N6O2S. The van der Waals surface area contributed by atoms with Crippen LogP contribution in [-0.2, 0) is 0 Å². The average molecular weight is 378 g/mol. The summed E-state index contributed by atoms with van der Waals surface area (Å²) in [5.74, 6) is 0.309. The molecule has 3 rings (SSSR count). The lowest BCUT2D eigenvalue weighted by molar-refractivity contribution is -0.384. The number of nitrogen functional groups attached to an aromatic ring is 1. The van der Waals surface area contributed by atoms with Crippen molar-refractivity contribution >= 4 is 34.6 Å². The average Bonchev–Trinajstić information content (AvgIpc) is 2.67. The molecule has 1 aromatic heterocycles. The first-order chi connectivity index (χ1) is 13.0. The maximum absolute atomic E-state index is 11.1. The van der Waals surface area contributed by atoms with Crippen molar-refractivity contribution in [3.63, 3.8) is 0 Å². The summed E-state index contributed by atoms with van der Waals surface area (Å²) in [4.78, 5) is 19.4. The van der Waals surface area contributed by atoms with E-state index >= 15 is 0 Å². The number of rotatable bonds is 5. The van der Waals surface area contributed by atoms with Crippen LogP contribution >= 0.6 is 11.8 Å². The van der Waals surface area contributed by atoms with Gasteiger partial charge in [-0.2, -0.15) is 5.26 Å². The van der Waals surface area contributed by atoms with Crippen molar-refractivity contribution in [2.24, 2.45) is 0 Å². The number of non-ortho nitro benzene ring substituents is 1. The molecule has 3 aromatic rings. The van der Waals surface area contributed by atoms with Crippen LogP contribution in [0.3, 0.4) is 0 Å². The lowest BCUT2D eigenvalue weighted by atomic mass is 10.1. The Balaban J connectivity index is 2.16. The summed E-state index contributed by atoms with van der Waals surface area (Å²) < 4.78 is 0. The molecule has 1 heterocycles. The lowest BCUT2D eigenvalue weighted by Gasteiger charge is -2.12. The molecular weight excluding hydrogens is 364 g/mol. The molecule has 134 valence electrons. The number of thioether (sulfide) groups is 1. The van der Waals surface area contributed by atoms with E-state index in [-0.39, 0.29) is 11.3 Å². The standard InChI is InChI=1S/C18H14N6O2S/c1-27-18-22-16(11-4-2-7-14(8-11)24(25)26)15(10-19)17(23-18)21-13-6-3-5-12(20)9-13/h2-9H,20H2,1H3,(H,21,22,23). The summed E-state index contributed by atoms with van der Waals surface area (Å²) in [6.07, 6.45) is 1.81. The van der Waals surface area contributed by atoms with E-state index in [1.54, 1.807) is 36.4 Å². The van der Waals surface area contributed by atoms with Crippen molar-refractivity contribution in [2.75, 3.05) is 17.3 Å². The van der Waals surface area contributed by atoms with Crippen LogP contribution < -0.4 is 11.1 Å². The van der Waals surface area contributed by atoms with Crippen LogP contribution in [0, 0.1) is 21.4 Å². The highest BCUT2D eigenvalue weighted by Crippen LogP contribution is 2.31. The van der Waals surface area contributed by atoms with E-state index in [1.807, 2.05) is 6.26 Å². The Morgan fingerprint density at radius 2 is 2.00 bits per heavy atom. The van der Waals surface area contributed by atoms with Crippen LogP contribution in [0.15, 0.2) is 53.7 Å².